The Bertz CT molecular complexity index is 803. The maximum absolute atomic E-state index is 11.9. The Labute approximate surface area is 153 Å². The smallest absolute Gasteiger partial charge is 0.225 e. The number of aromatic amines is 1. The molecule has 2 N–H and O–H groups in total. The van der Waals surface area contributed by atoms with Gasteiger partial charge in [0.2, 0.25) is 5.91 Å². The monoisotopic (exact) mass is 401 g/mol. The van der Waals surface area contributed by atoms with Crippen LogP contribution in [0.2, 0.25) is 0 Å². The molecule has 0 spiro atoms. The van der Waals surface area contributed by atoms with E-state index in [0.29, 0.717) is 12.2 Å². The number of imidazole rings is 1. The van der Waals surface area contributed by atoms with Crippen LogP contribution in [-0.4, -0.2) is 21.6 Å². The van der Waals surface area contributed by atoms with Gasteiger partial charge in [0.05, 0.1) is 11.9 Å². The zero-order valence-electron chi connectivity index (χ0n) is 12.8. The molecule has 1 heterocycles. The fraction of sp³-hybridized carbons (Fsp3) is 0.111. The lowest BCUT2D eigenvalue weighted by Gasteiger charge is -2.04. The zero-order valence-corrected chi connectivity index (χ0v) is 15.2. The predicted octanol–water partition coefficient (Wildman–Crippen LogP) is 4.96. The highest BCUT2D eigenvalue weighted by Crippen LogP contribution is 2.23. The highest BCUT2D eigenvalue weighted by Gasteiger charge is 2.06. The summed E-state index contributed by atoms with van der Waals surface area (Å²) in [5.41, 5.74) is 2.88. The van der Waals surface area contributed by atoms with Gasteiger partial charge in [0.1, 0.15) is 0 Å². The number of carbonyl (C=O) groups is 1. The summed E-state index contributed by atoms with van der Waals surface area (Å²) in [6, 6.07) is 17.5. The van der Waals surface area contributed by atoms with Gasteiger partial charge in [-0.1, -0.05) is 58.0 Å². The molecule has 3 aromatic rings. The number of amides is 1. The van der Waals surface area contributed by atoms with Gasteiger partial charge in [-0.25, -0.2) is 4.98 Å². The van der Waals surface area contributed by atoms with Gasteiger partial charge in [0.15, 0.2) is 5.16 Å². The Morgan fingerprint density at radius 1 is 1.12 bits per heavy atom. The van der Waals surface area contributed by atoms with Gasteiger partial charge in [-0.2, -0.15) is 0 Å². The summed E-state index contributed by atoms with van der Waals surface area (Å²) in [5.74, 6) is 0.680. The molecule has 0 bridgehead atoms. The van der Waals surface area contributed by atoms with E-state index in [1.54, 1.807) is 11.8 Å². The topological polar surface area (TPSA) is 57.8 Å². The standard InChI is InChI=1S/C18H16BrN3OS/c19-14-8-6-13(7-9-14)16-12-20-18(22-16)24-11-10-17(23)21-15-4-2-1-3-5-15/h1-9,12H,10-11H2,(H,20,22)(H,21,23). The number of hydrogen-bond acceptors (Lipinski definition) is 3. The number of nitrogens with one attached hydrogen (secondary N) is 2. The van der Waals surface area contributed by atoms with Gasteiger partial charge < -0.3 is 10.3 Å². The van der Waals surface area contributed by atoms with E-state index in [-0.39, 0.29) is 5.91 Å². The molecule has 3 rings (SSSR count). The molecule has 0 unspecified atom stereocenters. The Hall–Kier alpha value is -2.05. The van der Waals surface area contributed by atoms with Crippen molar-refractivity contribution in [3.05, 3.63) is 65.3 Å². The van der Waals surface area contributed by atoms with E-state index >= 15 is 0 Å². The average molecular weight is 402 g/mol. The number of para-hydroxylation sites is 1. The highest BCUT2D eigenvalue weighted by molar-refractivity contribution is 9.10. The first-order chi connectivity index (χ1) is 11.7. The second-order valence-electron chi connectivity index (χ2n) is 5.12. The largest absolute Gasteiger partial charge is 0.333 e. The summed E-state index contributed by atoms with van der Waals surface area (Å²) >= 11 is 4.97. The van der Waals surface area contributed by atoms with Crippen molar-refractivity contribution in [3.63, 3.8) is 0 Å². The Kier molecular flexibility index (Phi) is 5.72. The van der Waals surface area contributed by atoms with Gasteiger partial charge in [0, 0.05) is 22.3 Å². The number of hydrogen-bond donors (Lipinski definition) is 2. The molecule has 1 amide bonds. The molecule has 0 atom stereocenters. The Morgan fingerprint density at radius 2 is 1.88 bits per heavy atom. The summed E-state index contributed by atoms with van der Waals surface area (Å²) in [6.07, 6.45) is 2.25. The summed E-state index contributed by atoms with van der Waals surface area (Å²) in [4.78, 5) is 19.5. The number of benzene rings is 2. The van der Waals surface area contributed by atoms with Gasteiger partial charge in [-0.15, -0.1) is 0 Å². The maximum atomic E-state index is 11.9. The minimum atomic E-state index is 0.00777. The molecule has 1 aromatic heterocycles. The van der Waals surface area contributed by atoms with Crippen molar-refractivity contribution >= 4 is 39.3 Å². The quantitative estimate of drug-likeness (QED) is 0.573. The molecule has 2 aromatic carbocycles. The lowest BCUT2D eigenvalue weighted by atomic mass is 10.2. The molecule has 0 aliphatic heterocycles. The van der Waals surface area contributed by atoms with Crippen LogP contribution in [0.3, 0.4) is 0 Å². The van der Waals surface area contributed by atoms with E-state index in [2.05, 4.69) is 31.2 Å². The van der Waals surface area contributed by atoms with Gasteiger partial charge in [-0.3, -0.25) is 4.79 Å². The minimum Gasteiger partial charge on any atom is -0.333 e. The Balaban J connectivity index is 1.49. The van der Waals surface area contributed by atoms with Crippen LogP contribution < -0.4 is 5.32 Å². The van der Waals surface area contributed by atoms with Crippen LogP contribution in [0.4, 0.5) is 5.69 Å². The van der Waals surface area contributed by atoms with Crippen LogP contribution in [0, 0.1) is 0 Å². The van der Waals surface area contributed by atoms with E-state index in [0.717, 1.165) is 26.6 Å². The number of carbonyl (C=O) groups excluding carboxylic acids is 1. The van der Waals surface area contributed by atoms with Crippen molar-refractivity contribution in [1.29, 1.82) is 0 Å². The van der Waals surface area contributed by atoms with Gasteiger partial charge >= 0.3 is 0 Å². The Morgan fingerprint density at radius 3 is 2.62 bits per heavy atom. The molecule has 0 radical (unpaired) electrons. The number of rotatable bonds is 6. The van der Waals surface area contributed by atoms with E-state index in [9.17, 15) is 4.79 Å². The first-order valence-corrected chi connectivity index (χ1v) is 9.27. The molecule has 122 valence electrons. The molecule has 0 fully saturated rings. The van der Waals surface area contributed by atoms with Crippen LogP contribution in [0.15, 0.2) is 70.4 Å². The second kappa shape index (κ2) is 8.17. The third kappa shape index (κ3) is 4.72. The highest BCUT2D eigenvalue weighted by atomic mass is 79.9. The van der Waals surface area contributed by atoms with E-state index in [1.807, 2.05) is 60.8 Å². The second-order valence-corrected chi connectivity index (χ2v) is 7.12. The molecule has 24 heavy (non-hydrogen) atoms. The lowest BCUT2D eigenvalue weighted by molar-refractivity contribution is -0.115. The maximum Gasteiger partial charge on any atom is 0.225 e. The van der Waals surface area contributed by atoms with Crippen LogP contribution >= 0.6 is 27.7 Å². The number of H-pyrrole nitrogens is 1. The number of halogens is 1. The fourth-order valence-corrected chi connectivity index (χ4v) is 3.19. The normalized spacial score (nSPS) is 10.5. The van der Waals surface area contributed by atoms with Crippen molar-refractivity contribution in [1.82, 2.24) is 9.97 Å². The van der Waals surface area contributed by atoms with Crippen LogP contribution in [-0.2, 0) is 4.79 Å². The summed E-state index contributed by atoms with van der Waals surface area (Å²) in [6.45, 7) is 0. The van der Waals surface area contributed by atoms with Crippen molar-refractivity contribution in [2.75, 3.05) is 11.1 Å². The van der Waals surface area contributed by atoms with E-state index < -0.39 is 0 Å². The number of aromatic nitrogens is 2. The molecular formula is C18H16BrN3OS. The van der Waals surface area contributed by atoms with E-state index in [1.165, 1.54) is 0 Å². The van der Waals surface area contributed by atoms with E-state index in [4.69, 9.17) is 0 Å². The summed E-state index contributed by atoms with van der Waals surface area (Å²) < 4.78 is 1.05. The molecule has 0 aliphatic rings. The fourth-order valence-electron chi connectivity index (χ4n) is 2.14. The van der Waals surface area contributed by atoms with Crippen molar-refractivity contribution in [2.24, 2.45) is 0 Å². The van der Waals surface area contributed by atoms with Crippen LogP contribution in [0.25, 0.3) is 11.3 Å². The summed E-state index contributed by atoms with van der Waals surface area (Å²) in [5, 5.41) is 3.70. The first-order valence-electron chi connectivity index (χ1n) is 7.49. The van der Waals surface area contributed by atoms with Crippen LogP contribution in [0.1, 0.15) is 6.42 Å². The lowest BCUT2D eigenvalue weighted by Crippen LogP contribution is -2.11. The van der Waals surface area contributed by atoms with Crippen LogP contribution in [0.5, 0.6) is 0 Å². The first kappa shape index (κ1) is 16.8. The molecular weight excluding hydrogens is 386 g/mol. The molecule has 0 saturated heterocycles. The van der Waals surface area contributed by atoms with Crippen molar-refractivity contribution < 1.29 is 4.79 Å². The third-order valence-corrected chi connectivity index (χ3v) is 4.75. The van der Waals surface area contributed by atoms with Gasteiger partial charge in [0.25, 0.3) is 0 Å². The third-order valence-electron chi connectivity index (χ3n) is 3.33. The van der Waals surface area contributed by atoms with Crippen molar-refractivity contribution in [2.45, 2.75) is 11.6 Å². The number of thioether (sulfide) groups is 1. The SMILES string of the molecule is O=C(CCSc1ncc(-c2ccc(Br)cc2)[nH]1)Nc1ccccc1. The summed E-state index contributed by atoms with van der Waals surface area (Å²) in [7, 11) is 0. The predicted molar refractivity (Wildman–Crippen MR) is 102 cm³/mol. The average Bonchev–Trinajstić information content (AvgIpc) is 3.05. The molecule has 4 nitrogen and oxygen atoms in total. The van der Waals surface area contributed by atoms with Crippen molar-refractivity contribution in [3.8, 4) is 11.3 Å². The zero-order chi connectivity index (χ0) is 16.8. The van der Waals surface area contributed by atoms with Gasteiger partial charge in [-0.05, 0) is 29.8 Å². The number of nitrogens with zero attached hydrogens (tertiary/aromatic N) is 1. The molecule has 0 aliphatic carbocycles. The number of anilines is 1. The molecule has 0 saturated carbocycles. The molecule has 6 heteroatoms. The minimum absolute atomic E-state index is 0.00777.